The van der Waals surface area contributed by atoms with Gasteiger partial charge >= 0.3 is 5.97 Å². The Balaban J connectivity index is 1.68. The Labute approximate surface area is 175 Å². The molecule has 3 N–H and O–H groups in total. The molecule has 0 aliphatic heterocycles. The van der Waals surface area contributed by atoms with Gasteiger partial charge in [-0.3, -0.25) is 10.1 Å². The van der Waals surface area contributed by atoms with E-state index in [2.05, 4.69) is 10.6 Å². The topological polar surface area (TPSA) is 91.6 Å². The van der Waals surface area contributed by atoms with Crippen molar-refractivity contribution < 1.29 is 19.1 Å². The summed E-state index contributed by atoms with van der Waals surface area (Å²) < 4.78 is 5.55. The molecular weight excluding hydrogens is 423 g/mol. The number of carbonyl (C=O) groups excluding carboxylic acids is 1. The van der Waals surface area contributed by atoms with Crippen molar-refractivity contribution in [1.82, 2.24) is 5.32 Å². The minimum atomic E-state index is -1.11. The number of hydrogen-bond acceptors (Lipinski definition) is 4. The molecule has 2 aromatic carbocycles. The van der Waals surface area contributed by atoms with E-state index in [-0.39, 0.29) is 27.1 Å². The highest BCUT2D eigenvalue weighted by Crippen LogP contribution is 2.25. The van der Waals surface area contributed by atoms with Crippen LogP contribution in [-0.4, -0.2) is 22.1 Å². The first-order valence-corrected chi connectivity index (χ1v) is 9.01. The molecule has 142 valence electrons. The maximum atomic E-state index is 12.3. The summed E-state index contributed by atoms with van der Waals surface area (Å²) in [6, 6.07) is 14.2. The number of aromatic carboxylic acids is 1. The summed E-state index contributed by atoms with van der Waals surface area (Å²) in [6.07, 6.45) is 0. The summed E-state index contributed by atoms with van der Waals surface area (Å²) in [5.41, 5.74) is 1.05. The number of nitrogens with one attached hydrogen (secondary N) is 2. The predicted octanol–water partition coefficient (Wildman–Crippen LogP) is 5.08. The van der Waals surface area contributed by atoms with Crippen LogP contribution in [0.4, 0.5) is 5.69 Å². The lowest BCUT2D eigenvalue weighted by Crippen LogP contribution is -2.34. The molecule has 0 aliphatic carbocycles. The van der Waals surface area contributed by atoms with Gasteiger partial charge in [0.15, 0.2) is 10.9 Å². The maximum absolute atomic E-state index is 12.3. The summed E-state index contributed by atoms with van der Waals surface area (Å²) in [6.45, 7) is 0. The fraction of sp³-hybridized carbons (Fsp3) is 0. The number of hydrogen-bond donors (Lipinski definition) is 3. The predicted molar refractivity (Wildman–Crippen MR) is 111 cm³/mol. The summed E-state index contributed by atoms with van der Waals surface area (Å²) in [5, 5.41) is 15.0. The lowest BCUT2D eigenvalue weighted by atomic mass is 10.2. The molecule has 0 fully saturated rings. The zero-order chi connectivity index (χ0) is 20.3. The van der Waals surface area contributed by atoms with Gasteiger partial charge in [-0.2, -0.15) is 0 Å². The number of carbonyl (C=O) groups is 2. The highest BCUT2D eigenvalue weighted by Gasteiger charge is 2.15. The largest absolute Gasteiger partial charge is 0.478 e. The number of carboxylic acids is 1. The van der Waals surface area contributed by atoms with Gasteiger partial charge in [-0.05, 0) is 66.8 Å². The maximum Gasteiger partial charge on any atom is 0.335 e. The zero-order valence-electron chi connectivity index (χ0n) is 14.0. The highest BCUT2D eigenvalue weighted by molar-refractivity contribution is 7.80. The Hall–Kier alpha value is -2.87. The molecule has 0 atom stereocenters. The van der Waals surface area contributed by atoms with Gasteiger partial charge in [0.05, 0.1) is 16.3 Å². The van der Waals surface area contributed by atoms with Crippen molar-refractivity contribution in [2.45, 2.75) is 0 Å². The molecule has 0 unspecified atom stereocenters. The van der Waals surface area contributed by atoms with Crippen LogP contribution in [0.25, 0.3) is 11.3 Å². The van der Waals surface area contributed by atoms with E-state index in [0.717, 1.165) is 5.56 Å². The van der Waals surface area contributed by atoms with E-state index in [4.69, 9.17) is 44.9 Å². The van der Waals surface area contributed by atoms with Gasteiger partial charge in [0.25, 0.3) is 5.91 Å². The van der Waals surface area contributed by atoms with Crippen molar-refractivity contribution in [3.05, 3.63) is 76.0 Å². The van der Waals surface area contributed by atoms with E-state index in [9.17, 15) is 9.59 Å². The van der Waals surface area contributed by atoms with E-state index in [1.54, 1.807) is 30.3 Å². The number of anilines is 1. The molecule has 28 heavy (non-hydrogen) atoms. The molecule has 6 nitrogen and oxygen atoms in total. The van der Waals surface area contributed by atoms with Crippen LogP contribution in [0.5, 0.6) is 0 Å². The number of amides is 1. The third-order valence-electron chi connectivity index (χ3n) is 3.65. The number of carboxylic acid groups (broad SMARTS) is 1. The minimum Gasteiger partial charge on any atom is -0.478 e. The Morgan fingerprint density at radius 1 is 1.00 bits per heavy atom. The second-order valence-electron chi connectivity index (χ2n) is 5.58. The van der Waals surface area contributed by atoms with E-state index in [1.807, 2.05) is 0 Å². The van der Waals surface area contributed by atoms with Crippen LogP contribution >= 0.6 is 35.4 Å². The average molecular weight is 435 g/mol. The first kappa shape index (κ1) is 19.9. The summed E-state index contributed by atoms with van der Waals surface area (Å²) in [7, 11) is 0. The quantitative estimate of drug-likeness (QED) is 0.496. The van der Waals surface area contributed by atoms with Gasteiger partial charge < -0.3 is 14.8 Å². The van der Waals surface area contributed by atoms with Gasteiger partial charge in [0, 0.05) is 10.6 Å². The van der Waals surface area contributed by atoms with Crippen LogP contribution in [0, 0.1) is 0 Å². The van der Waals surface area contributed by atoms with Crippen LogP contribution < -0.4 is 10.6 Å². The molecule has 3 rings (SSSR count). The molecule has 1 heterocycles. The third kappa shape index (κ3) is 4.69. The normalized spacial score (nSPS) is 10.4. The molecule has 0 spiro atoms. The Kier molecular flexibility index (Phi) is 5.99. The molecule has 0 saturated carbocycles. The Bertz CT molecular complexity index is 1060. The second-order valence-corrected chi connectivity index (χ2v) is 6.83. The van der Waals surface area contributed by atoms with Gasteiger partial charge in [-0.15, -0.1) is 0 Å². The second kappa shape index (κ2) is 8.43. The van der Waals surface area contributed by atoms with Crippen molar-refractivity contribution in [1.29, 1.82) is 0 Å². The van der Waals surface area contributed by atoms with Gasteiger partial charge in [-0.25, -0.2) is 4.79 Å². The molecule has 9 heteroatoms. The lowest BCUT2D eigenvalue weighted by molar-refractivity contribution is 0.0696. The van der Waals surface area contributed by atoms with Gasteiger partial charge in [0.1, 0.15) is 5.76 Å². The van der Waals surface area contributed by atoms with Crippen molar-refractivity contribution in [2.24, 2.45) is 0 Å². The van der Waals surface area contributed by atoms with E-state index in [1.165, 1.54) is 24.3 Å². The third-order valence-corrected chi connectivity index (χ3v) is 4.43. The summed E-state index contributed by atoms with van der Waals surface area (Å²) >= 11 is 17.0. The van der Waals surface area contributed by atoms with E-state index in [0.29, 0.717) is 10.8 Å². The van der Waals surface area contributed by atoms with E-state index < -0.39 is 11.9 Å². The highest BCUT2D eigenvalue weighted by atomic mass is 35.5. The first-order chi connectivity index (χ1) is 13.3. The Morgan fingerprint density at radius 2 is 1.71 bits per heavy atom. The van der Waals surface area contributed by atoms with Crippen LogP contribution in [0.2, 0.25) is 10.0 Å². The van der Waals surface area contributed by atoms with Crippen LogP contribution in [0.1, 0.15) is 20.9 Å². The first-order valence-electron chi connectivity index (χ1n) is 7.84. The van der Waals surface area contributed by atoms with Gasteiger partial charge in [-0.1, -0.05) is 23.2 Å². The molecule has 1 aromatic heterocycles. The monoisotopic (exact) mass is 434 g/mol. The van der Waals surface area contributed by atoms with Crippen molar-refractivity contribution >= 4 is 58.1 Å². The average Bonchev–Trinajstić information content (AvgIpc) is 3.14. The molecule has 0 saturated heterocycles. The number of halogens is 2. The van der Waals surface area contributed by atoms with E-state index >= 15 is 0 Å². The van der Waals surface area contributed by atoms with Crippen LogP contribution in [-0.2, 0) is 0 Å². The van der Waals surface area contributed by atoms with Crippen molar-refractivity contribution in [3.8, 4) is 11.3 Å². The van der Waals surface area contributed by atoms with Crippen LogP contribution in [0.3, 0.4) is 0 Å². The number of benzene rings is 2. The smallest absolute Gasteiger partial charge is 0.335 e. The fourth-order valence-electron chi connectivity index (χ4n) is 2.30. The van der Waals surface area contributed by atoms with Crippen molar-refractivity contribution in [3.63, 3.8) is 0 Å². The molecule has 3 aromatic rings. The molecule has 0 bridgehead atoms. The standard InChI is InChI=1S/C19H12Cl2N2O4S/c20-12-4-1-10(2-5-12)15-7-8-16(27-15)17(24)23-19(28)22-14-9-11(18(25)26)3-6-13(14)21/h1-9H,(H,25,26)(H2,22,23,24,28). The SMILES string of the molecule is O=C(O)c1ccc(Cl)c(NC(=S)NC(=O)c2ccc(-c3ccc(Cl)cc3)o2)c1. The van der Waals surface area contributed by atoms with Crippen molar-refractivity contribution in [2.75, 3.05) is 5.32 Å². The zero-order valence-corrected chi connectivity index (χ0v) is 16.4. The number of furan rings is 1. The molecule has 0 radical (unpaired) electrons. The number of rotatable bonds is 4. The molecule has 1 amide bonds. The fourth-order valence-corrected chi connectivity index (χ4v) is 2.80. The lowest BCUT2D eigenvalue weighted by Gasteiger charge is -2.10. The molecule has 0 aliphatic rings. The number of thiocarbonyl (C=S) groups is 1. The Morgan fingerprint density at radius 3 is 2.39 bits per heavy atom. The van der Waals surface area contributed by atoms with Crippen LogP contribution in [0.15, 0.2) is 59.0 Å². The summed E-state index contributed by atoms with van der Waals surface area (Å²) in [4.78, 5) is 23.4. The molecular formula is C19H12Cl2N2O4S. The summed E-state index contributed by atoms with van der Waals surface area (Å²) in [5.74, 6) is -1.12. The van der Waals surface area contributed by atoms with Gasteiger partial charge in [0.2, 0.25) is 0 Å². The minimum absolute atomic E-state index is 0.0275.